The van der Waals surface area contributed by atoms with Crippen LogP contribution in [0, 0.1) is 5.41 Å². The van der Waals surface area contributed by atoms with Gasteiger partial charge in [0.2, 0.25) is 0 Å². The van der Waals surface area contributed by atoms with E-state index in [4.69, 9.17) is 4.74 Å². The summed E-state index contributed by atoms with van der Waals surface area (Å²) in [5.74, 6) is 0. The molecule has 0 N–H and O–H groups in total. The van der Waals surface area contributed by atoms with Crippen molar-refractivity contribution in [3.63, 3.8) is 0 Å². The van der Waals surface area contributed by atoms with Crippen LogP contribution in [0.4, 0.5) is 4.79 Å². The van der Waals surface area contributed by atoms with Crippen LogP contribution in [-0.4, -0.2) is 41.9 Å². The Kier molecular flexibility index (Phi) is 3.39. The molecular formula is C14H24N2O2. The third-order valence-electron chi connectivity index (χ3n) is 3.79. The van der Waals surface area contributed by atoms with E-state index in [-0.39, 0.29) is 6.09 Å². The highest BCUT2D eigenvalue weighted by molar-refractivity contribution is 5.84. The third kappa shape index (κ3) is 3.03. The number of rotatable bonds is 0. The zero-order valence-corrected chi connectivity index (χ0v) is 12.0. The van der Waals surface area contributed by atoms with Crippen LogP contribution >= 0.6 is 0 Å². The first-order valence-electron chi connectivity index (χ1n) is 6.78. The fraction of sp³-hybridized carbons (Fsp3) is 0.857. The van der Waals surface area contributed by atoms with E-state index >= 15 is 0 Å². The van der Waals surface area contributed by atoms with E-state index in [1.807, 2.05) is 25.7 Å². The molecule has 1 fully saturated rings. The molecule has 0 radical (unpaired) electrons. The Balaban J connectivity index is 1.86. The standard InChI is InChI=1S/C14H24N2O2/c1-11-9-14(10-15-11)5-7-16(8-6-14)12(17)18-13(2,3)4/h5-10H2,1-4H3. The molecule has 4 heteroatoms. The topological polar surface area (TPSA) is 41.9 Å². The van der Waals surface area contributed by atoms with Gasteiger partial charge in [-0.25, -0.2) is 4.79 Å². The summed E-state index contributed by atoms with van der Waals surface area (Å²) in [7, 11) is 0. The fourth-order valence-corrected chi connectivity index (χ4v) is 2.78. The molecule has 2 heterocycles. The summed E-state index contributed by atoms with van der Waals surface area (Å²) < 4.78 is 5.41. The number of carbonyl (C=O) groups excluding carboxylic acids is 1. The van der Waals surface area contributed by atoms with E-state index in [2.05, 4.69) is 11.9 Å². The lowest BCUT2D eigenvalue weighted by Gasteiger charge is -2.39. The van der Waals surface area contributed by atoms with Gasteiger partial charge < -0.3 is 9.64 Å². The van der Waals surface area contributed by atoms with E-state index in [1.165, 1.54) is 5.71 Å². The van der Waals surface area contributed by atoms with Crippen LogP contribution in [0.5, 0.6) is 0 Å². The molecule has 0 aromatic heterocycles. The van der Waals surface area contributed by atoms with Crippen molar-refractivity contribution in [2.24, 2.45) is 10.4 Å². The van der Waals surface area contributed by atoms with Gasteiger partial charge in [-0.15, -0.1) is 0 Å². The van der Waals surface area contributed by atoms with Gasteiger partial charge in [0.15, 0.2) is 0 Å². The quantitative estimate of drug-likeness (QED) is 0.665. The SMILES string of the molecule is CC1=NCC2(CCN(C(=O)OC(C)(C)C)CC2)C1. The number of ether oxygens (including phenoxy) is 1. The van der Waals surface area contributed by atoms with E-state index in [1.54, 1.807) is 0 Å². The molecular weight excluding hydrogens is 228 g/mol. The second-order valence-electron chi connectivity index (χ2n) is 6.70. The van der Waals surface area contributed by atoms with E-state index in [0.29, 0.717) is 5.41 Å². The van der Waals surface area contributed by atoms with Gasteiger partial charge in [-0.2, -0.15) is 0 Å². The van der Waals surface area contributed by atoms with Crippen molar-refractivity contribution in [1.82, 2.24) is 4.90 Å². The minimum Gasteiger partial charge on any atom is -0.444 e. The number of likely N-dealkylation sites (tertiary alicyclic amines) is 1. The molecule has 0 aromatic carbocycles. The highest BCUT2D eigenvalue weighted by atomic mass is 16.6. The van der Waals surface area contributed by atoms with E-state index in [9.17, 15) is 4.79 Å². The van der Waals surface area contributed by atoms with Gasteiger partial charge in [-0.3, -0.25) is 4.99 Å². The minimum atomic E-state index is -0.403. The largest absolute Gasteiger partial charge is 0.444 e. The highest BCUT2D eigenvalue weighted by Crippen LogP contribution is 2.39. The monoisotopic (exact) mass is 252 g/mol. The van der Waals surface area contributed by atoms with Crippen LogP contribution in [0.3, 0.4) is 0 Å². The van der Waals surface area contributed by atoms with Crippen molar-refractivity contribution >= 4 is 11.8 Å². The Morgan fingerprint density at radius 3 is 2.39 bits per heavy atom. The van der Waals surface area contributed by atoms with Gasteiger partial charge in [0.1, 0.15) is 5.60 Å². The van der Waals surface area contributed by atoms with Crippen LogP contribution in [0.2, 0.25) is 0 Å². The Bertz CT molecular complexity index is 360. The molecule has 0 aliphatic carbocycles. The summed E-state index contributed by atoms with van der Waals surface area (Å²) in [5, 5.41) is 0. The van der Waals surface area contributed by atoms with Crippen molar-refractivity contribution < 1.29 is 9.53 Å². The summed E-state index contributed by atoms with van der Waals surface area (Å²) in [6, 6.07) is 0. The Morgan fingerprint density at radius 1 is 1.33 bits per heavy atom. The first kappa shape index (κ1) is 13.4. The van der Waals surface area contributed by atoms with Crippen molar-refractivity contribution in [3.05, 3.63) is 0 Å². The first-order valence-corrected chi connectivity index (χ1v) is 6.78. The second kappa shape index (κ2) is 4.56. The number of hydrogen-bond acceptors (Lipinski definition) is 3. The van der Waals surface area contributed by atoms with Crippen LogP contribution in [0.1, 0.15) is 47.0 Å². The number of piperidine rings is 1. The maximum absolute atomic E-state index is 12.0. The van der Waals surface area contributed by atoms with Crippen LogP contribution in [-0.2, 0) is 4.74 Å². The van der Waals surface area contributed by atoms with Crippen molar-refractivity contribution in [3.8, 4) is 0 Å². The molecule has 2 aliphatic heterocycles. The van der Waals surface area contributed by atoms with Gasteiger partial charge in [-0.1, -0.05) is 0 Å². The zero-order chi connectivity index (χ0) is 13.4. The number of aliphatic imine (C=N–C) groups is 1. The summed E-state index contributed by atoms with van der Waals surface area (Å²) in [6.45, 7) is 10.4. The molecule has 0 unspecified atom stereocenters. The first-order chi connectivity index (χ1) is 8.30. The summed E-state index contributed by atoms with van der Waals surface area (Å²) in [4.78, 5) is 18.3. The zero-order valence-electron chi connectivity index (χ0n) is 12.0. The lowest BCUT2D eigenvalue weighted by atomic mass is 9.76. The Labute approximate surface area is 109 Å². The maximum atomic E-state index is 12.0. The number of amides is 1. The van der Waals surface area contributed by atoms with Crippen molar-refractivity contribution in [2.45, 2.75) is 52.6 Å². The van der Waals surface area contributed by atoms with Gasteiger partial charge in [0, 0.05) is 25.3 Å². The molecule has 0 atom stereocenters. The second-order valence-corrected chi connectivity index (χ2v) is 6.70. The molecule has 2 aliphatic rings. The molecule has 1 amide bonds. The van der Waals surface area contributed by atoms with Crippen LogP contribution < -0.4 is 0 Å². The highest BCUT2D eigenvalue weighted by Gasteiger charge is 2.39. The van der Waals surface area contributed by atoms with Gasteiger partial charge in [0.05, 0.1) is 0 Å². The number of nitrogens with zero attached hydrogens (tertiary/aromatic N) is 2. The summed E-state index contributed by atoms with van der Waals surface area (Å²) in [5.41, 5.74) is 1.20. The Morgan fingerprint density at radius 2 is 1.94 bits per heavy atom. The van der Waals surface area contributed by atoms with Gasteiger partial charge in [-0.05, 0) is 52.4 Å². The maximum Gasteiger partial charge on any atom is 0.410 e. The third-order valence-corrected chi connectivity index (χ3v) is 3.79. The van der Waals surface area contributed by atoms with Crippen LogP contribution in [0.25, 0.3) is 0 Å². The fourth-order valence-electron chi connectivity index (χ4n) is 2.78. The average molecular weight is 252 g/mol. The van der Waals surface area contributed by atoms with E-state index < -0.39 is 5.60 Å². The normalized spacial score (nSPS) is 23.1. The number of hydrogen-bond donors (Lipinski definition) is 0. The molecule has 4 nitrogen and oxygen atoms in total. The molecule has 2 rings (SSSR count). The summed E-state index contributed by atoms with van der Waals surface area (Å²) in [6.07, 6.45) is 3.03. The molecule has 102 valence electrons. The summed E-state index contributed by atoms with van der Waals surface area (Å²) >= 11 is 0. The van der Waals surface area contributed by atoms with Crippen LogP contribution in [0.15, 0.2) is 4.99 Å². The smallest absolute Gasteiger partial charge is 0.410 e. The van der Waals surface area contributed by atoms with Gasteiger partial charge in [0.25, 0.3) is 0 Å². The minimum absolute atomic E-state index is 0.173. The molecule has 1 saturated heterocycles. The lowest BCUT2D eigenvalue weighted by Crippen LogP contribution is -2.45. The molecule has 0 saturated carbocycles. The predicted molar refractivity (Wildman–Crippen MR) is 72.1 cm³/mol. The molecule has 0 aromatic rings. The van der Waals surface area contributed by atoms with E-state index in [0.717, 1.165) is 38.9 Å². The Hall–Kier alpha value is -1.06. The molecule has 18 heavy (non-hydrogen) atoms. The van der Waals surface area contributed by atoms with Crippen molar-refractivity contribution in [1.29, 1.82) is 0 Å². The van der Waals surface area contributed by atoms with Gasteiger partial charge >= 0.3 is 6.09 Å². The lowest BCUT2D eigenvalue weighted by molar-refractivity contribution is 0.0123. The van der Waals surface area contributed by atoms with Crippen molar-refractivity contribution in [2.75, 3.05) is 19.6 Å². The molecule has 0 bridgehead atoms. The average Bonchev–Trinajstić information content (AvgIpc) is 2.58. The number of carbonyl (C=O) groups is 1. The molecule has 1 spiro atoms. The predicted octanol–water partition coefficient (Wildman–Crippen LogP) is 2.87.